The zero-order chi connectivity index (χ0) is 25.2. The Labute approximate surface area is 238 Å². The highest BCUT2D eigenvalue weighted by Gasteiger charge is 2.20. The molecule has 0 saturated carbocycles. The number of para-hydroxylation sites is 2. The molecule has 0 radical (unpaired) electrons. The summed E-state index contributed by atoms with van der Waals surface area (Å²) < 4.78 is 1.59. The lowest BCUT2D eigenvalue weighted by Crippen LogP contribution is -3.00. The fourth-order valence-corrected chi connectivity index (χ4v) is 4.63. The number of benzene rings is 2. The van der Waals surface area contributed by atoms with Gasteiger partial charge in [0.1, 0.15) is 13.1 Å². The van der Waals surface area contributed by atoms with Crippen molar-refractivity contribution < 1.29 is 63.4 Å². The van der Waals surface area contributed by atoms with Crippen molar-refractivity contribution in [3.63, 3.8) is 0 Å². The van der Waals surface area contributed by atoms with Gasteiger partial charge in [0.05, 0.1) is 52.4 Å². The van der Waals surface area contributed by atoms with E-state index in [9.17, 15) is 20.4 Å². The van der Waals surface area contributed by atoms with Gasteiger partial charge in [-0.15, -0.1) is 0 Å². The minimum Gasteiger partial charge on any atom is -1.00 e. The molecule has 0 spiro atoms. The van der Waals surface area contributed by atoms with Crippen molar-refractivity contribution in [3.8, 4) is 23.0 Å². The molecule has 6 nitrogen and oxygen atoms in total. The first-order valence-electron chi connectivity index (χ1n) is 12.6. The molecule has 4 N–H and O–H groups in total. The quantitative estimate of drug-likeness (QED) is 0.121. The first kappa shape index (κ1) is 34.5. The molecule has 0 aliphatic rings. The molecular weight excluding hydrogens is 588 g/mol. The second kappa shape index (κ2) is 16.4. The maximum atomic E-state index is 10.0. The molecule has 0 aromatic heterocycles. The Balaban J connectivity index is 0.00000612. The fourth-order valence-electron chi connectivity index (χ4n) is 4.63. The van der Waals surface area contributed by atoms with E-state index < -0.39 is 0 Å². The van der Waals surface area contributed by atoms with E-state index in [0.717, 1.165) is 33.2 Å². The minimum atomic E-state index is -0.0456. The molecule has 0 heterocycles. The van der Waals surface area contributed by atoms with Crippen LogP contribution in [0.3, 0.4) is 0 Å². The van der Waals surface area contributed by atoms with E-state index >= 15 is 0 Å². The van der Waals surface area contributed by atoms with Gasteiger partial charge in [0.2, 0.25) is 0 Å². The third kappa shape index (κ3) is 12.2. The number of quaternary nitrogens is 2. The Morgan fingerprint density at radius 3 is 1.14 bits per heavy atom. The van der Waals surface area contributed by atoms with Gasteiger partial charge >= 0.3 is 0 Å². The maximum Gasteiger partial charge on any atom is 0.166 e. The lowest BCUT2D eigenvalue weighted by atomic mass is 10.1. The molecule has 8 heteroatoms. The lowest BCUT2D eigenvalue weighted by molar-refractivity contribution is -0.903. The number of nitrogens with zero attached hydrogens (tertiary/aromatic N) is 2. The van der Waals surface area contributed by atoms with E-state index in [0.29, 0.717) is 13.1 Å². The monoisotopic (exact) mass is 632 g/mol. The Morgan fingerprint density at radius 2 is 0.806 bits per heavy atom. The van der Waals surface area contributed by atoms with Gasteiger partial charge in [-0.05, 0) is 49.9 Å². The summed E-state index contributed by atoms with van der Waals surface area (Å²) in [7, 11) is 8.69. The number of unbranched alkanes of at least 4 members (excludes halogenated alkanes) is 7. The second-order valence-electron chi connectivity index (χ2n) is 11.0. The van der Waals surface area contributed by atoms with Crippen LogP contribution in [0, 0.1) is 0 Å². The van der Waals surface area contributed by atoms with Gasteiger partial charge in [0.15, 0.2) is 23.0 Å². The van der Waals surface area contributed by atoms with Crippen molar-refractivity contribution in [1.29, 1.82) is 0 Å². The molecule has 0 fully saturated rings. The van der Waals surface area contributed by atoms with Crippen LogP contribution in [0.4, 0.5) is 0 Å². The lowest BCUT2D eigenvalue weighted by Gasteiger charge is -2.30. The van der Waals surface area contributed by atoms with Crippen LogP contribution in [-0.2, 0) is 13.1 Å². The summed E-state index contributed by atoms with van der Waals surface area (Å²) in [6.07, 6.45) is 9.86. The molecule has 0 aliphatic heterocycles. The van der Waals surface area contributed by atoms with Gasteiger partial charge < -0.3 is 63.4 Å². The molecule has 0 aliphatic carbocycles. The third-order valence-corrected chi connectivity index (χ3v) is 6.67. The molecule has 2 rings (SSSR count). The second-order valence-corrected chi connectivity index (χ2v) is 11.0. The fraction of sp³-hybridized carbons (Fsp3) is 0.571. The van der Waals surface area contributed by atoms with E-state index in [1.165, 1.54) is 63.5 Å². The van der Waals surface area contributed by atoms with Gasteiger partial charge in [-0.3, -0.25) is 0 Å². The molecule has 0 amide bonds. The summed E-state index contributed by atoms with van der Waals surface area (Å²) in [5.74, 6) is -0.0756. The SMILES string of the molecule is C[N+](C)(CCCCCCCCCC[N+](C)(C)Cc1cccc(O)c1O)Cc1cccc(O)c1O.[Br-].[Br-]. The number of phenolic OH excluding ortho intramolecular Hbond substituents is 4. The zero-order valence-electron chi connectivity index (χ0n) is 22.4. The Hall–Kier alpha value is -1.48. The summed E-state index contributed by atoms with van der Waals surface area (Å²) in [4.78, 5) is 0. The average Bonchev–Trinajstić information content (AvgIpc) is 2.75. The number of phenols is 4. The van der Waals surface area contributed by atoms with E-state index in [4.69, 9.17) is 0 Å². The van der Waals surface area contributed by atoms with E-state index in [1.807, 2.05) is 12.1 Å². The first-order valence-corrected chi connectivity index (χ1v) is 12.6. The predicted octanol–water partition coefficient (Wildman–Crippen LogP) is -0.509. The van der Waals surface area contributed by atoms with Crippen LogP contribution in [0.1, 0.15) is 62.5 Å². The molecule has 0 bridgehead atoms. The summed E-state index contributed by atoms with van der Waals surface area (Å²) in [6, 6.07) is 10.4. The Morgan fingerprint density at radius 1 is 0.500 bits per heavy atom. The van der Waals surface area contributed by atoms with Crippen molar-refractivity contribution >= 4 is 0 Å². The highest BCUT2D eigenvalue weighted by atomic mass is 79.9. The van der Waals surface area contributed by atoms with Crippen molar-refractivity contribution in [1.82, 2.24) is 0 Å². The summed E-state index contributed by atoms with van der Waals surface area (Å²) in [6.45, 7) is 3.52. The minimum absolute atomic E-state index is 0. The van der Waals surface area contributed by atoms with Crippen LogP contribution in [0.2, 0.25) is 0 Å². The Kier molecular flexibility index (Phi) is 15.7. The number of halogens is 2. The van der Waals surface area contributed by atoms with E-state index in [2.05, 4.69) is 28.2 Å². The summed E-state index contributed by atoms with van der Waals surface area (Å²) in [5, 5.41) is 39.5. The standard InChI is InChI=1S/C28H44N2O4.2BrH/c1-29(2,21-23-15-13-17-25(31)27(23)33)19-11-9-7-5-6-8-10-12-20-30(3,4)22-24-16-14-18-26(32)28(24)34;;/h13-18H,5-12,19-22H2,1-4H3,(H2-2,31,32,33,34);2*1H. The van der Waals surface area contributed by atoms with Crippen molar-refractivity contribution in [2.75, 3.05) is 41.3 Å². The largest absolute Gasteiger partial charge is 1.00 e. The smallest absolute Gasteiger partial charge is 0.166 e. The van der Waals surface area contributed by atoms with Crippen LogP contribution in [0.15, 0.2) is 36.4 Å². The molecule has 36 heavy (non-hydrogen) atoms. The maximum absolute atomic E-state index is 10.0. The zero-order valence-corrected chi connectivity index (χ0v) is 25.6. The molecule has 206 valence electrons. The number of aromatic hydroxyl groups is 4. The number of hydrogen-bond donors (Lipinski definition) is 4. The highest BCUT2D eigenvalue weighted by Crippen LogP contribution is 2.31. The number of hydrogen-bond acceptors (Lipinski definition) is 4. The normalized spacial score (nSPS) is 11.6. The van der Waals surface area contributed by atoms with Crippen LogP contribution in [-0.4, -0.2) is 70.7 Å². The van der Waals surface area contributed by atoms with Gasteiger partial charge in [-0.1, -0.05) is 37.8 Å². The van der Waals surface area contributed by atoms with Crippen LogP contribution < -0.4 is 34.0 Å². The predicted molar refractivity (Wildman–Crippen MR) is 138 cm³/mol. The molecule has 2 aromatic carbocycles. The Bertz CT molecular complexity index is 834. The number of rotatable bonds is 15. The van der Waals surface area contributed by atoms with Crippen LogP contribution in [0.5, 0.6) is 23.0 Å². The van der Waals surface area contributed by atoms with Crippen molar-refractivity contribution in [3.05, 3.63) is 47.5 Å². The molecule has 0 unspecified atom stereocenters. The third-order valence-electron chi connectivity index (χ3n) is 6.67. The highest BCUT2D eigenvalue weighted by molar-refractivity contribution is 5.44. The van der Waals surface area contributed by atoms with Crippen molar-refractivity contribution in [2.24, 2.45) is 0 Å². The van der Waals surface area contributed by atoms with Gasteiger partial charge in [-0.25, -0.2) is 0 Å². The molecule has 0 saturated heterocycles. The van der Waals surface area contributed by atoms with E-state index in [-0.39, 0.29) is 57.0 Å². The first-order chi connectivity index (χ1) is 16.0. The van der Waals surface area contributed by atoms with Crippen LogP contribution >= 0.6 is 0 Å². The summed E-state index contributed by atoms with van der Waals surface area (Å²) >= 11 is 0. The van der Waals surface area contributed by atoms with Gasteiger partial charge in [0, 0.05) is 0 Å². The van der Waals surface area contributed by atoms with Gasteiger partial charge in [0.25, 0.3) is 0 Å². The van der Waals surface area contributed by atoms with Crippen LogP contribution in [0.25, 0.3) is 0 Å². The topological polar surface area (TPSA) is 80.9 Å². The molecule has 2 aromatic rings. The summed E-state index contributed by atoms with van der Waals surface area (Å²) in [5.41, 5.74) is 1.59. The van der Waals surface area contributed by atoms with Gasteiger partial charge in [-0.2, -0.15) is 0 Å². The molecular formula is C28H46Br2N2O4. The van der Waals surface area contributed by atoms with E-state index in [1.54, 1.807) is 12.1 Å². The van der Waals surface area contributed by atoms with Crippen molar-refractivity contribution in [2.45, 2.75) is 64.5 Å². The average molecular weight is 634 g/mol. The molecule has 0 atom stereocenters.